The Bertz CT molecular complexity index is 324. The molecule has 0 saturated heterocycles. The number of hydrogen-bond acceptors (Lipinski definition) is 4. The van der Waals surface area contributed by atoms with E-state index in [4.69, 9.17) is 14.2 Å². The van der Waals surface area contributed by atoms with Crippen molar-refractivity contribution in [3.63, 3.8) is 0 Å². The van der Waals surface area contributed by atoms with Crippen LogP contribution in [-0.2, 0) is 19.0 Å². The number of rotatable bonds is 11. The summed E-state index contributed by atoms with van der Waals surface area (Å²) in [4.78, 5) is 11.3. The largest absolute Gasteiger partial charge is 0.462 e. The highest BCUT2D eigenvalue weighted by atomic mass is 28.3. The van der Waals surface area contributed by atoms with Gasteiger partial charge in [-0.05, 0) is 31.7 Å². The van der Waals surface area contributed by atoms with Crippen molar-refractivity contribution in [1.29, 1.82) is 0 Å². The van der Waals surface area contributed by atoms with Crippen LogP contribution in [0.5, 0.6) is 0 Å². The smallest absolute Gasteiger partial charge is 0.333 e. The van der Waals surface area contributed by atoms with Crippen molar-refractivity contribution in [2.45, 2.75) is 64.1 Å². The van der Waals surface area contributed by atoms with E-state index in [1.54, 1.807) is 21.1 Å². The lowest BCUT2D eigenvalue weighted by Gasteiger charge is -2.31. The van der Waals surface area contributed by atoms with Crippen molar-refractivity contribution in [1.82, 2.24) is 0 Å². The molecule has 124 valence electrons. The molecule has 0 saturated carbocycles. The van der Waals surface area contributed by atoms with Crippen molar-refractivity contribution in [2.75, 3.05) is 20.8 Å². The average molecular weight is 317 g/mol. The summed E-state index contributed by atoms with van der Waals surface area (Å²) in [5, 5.41) is 0. The number of esters is 1. The van der Waals surface area contributed by atoms with E-state index in [2.05, 4.69) is 26.6 Å². The molecule has 0 aliphatic rings. The summed E-state index contributed by atoms with van der Waals surface area (Å²) in [7, 11) is 2.05. The zero-order valence-electron chi connectivity index (χ0n) is 14.5. The van der Waals surface area contributed by atoms with Crippen LogP contribution in [0.25, 0.3) is 0 Å². The average Bonchev–Trinajstić information content (AvgIpc) is 2.43. The van der Waals surface area contributed by atoms with E-state index < -0.39 is 8.07 Å². The van der Waals surface area contributed by atoms with Gasteiger partial charge in [-0.3, -0.25) is 0 Å². The monoisotopic (exact) mass is 316 g/mol. The predicted octanol–water partition coefficient (Wildman–Crippen LogP) is 3.99. The van der Waals surface area contributed by atoms with Gasteiger partial charge >= 0.3 is 5.97 Å². The van der Waals surface area contributed by atoms with E-state index in [-0.39, 0.29) is 12.3 Å². The normalized spacial score (nSPS) is 13.3. The van der Waals surface area contributed by atoms with Gasteiger partial charge < -0.3 is 14.2 Å². The van der Waals surface area contributed by atoms with E-state index in [9.17, 15) is 4.79 Å². The van der Waals surface area contributed by atoms with Crippen LogP contribution in [0.4, 0.5) is 0 Å². The molecule has 1 unspecified atom stereocenters. The summed E-state index contributed by atoms with van der Waals surface area (Å²) in [5.74, 6) is -0.290. The minimum Gasteiger partial charge on any atom is -0.462 e. The van der Waals surface area contributed by atoms with Gasteiger partial charge in [-0.15, -0.1) is 0 Å². The van der Waals surface area contributed by atoms with Gasteiger partial charge in [0.25, 0.3) is 0 Å². The molecule has 0 N–H and O–H groups in total. The maximum Gasteiger partial charge on any atom is 0.333 e. The van der Waals surface area contributed by atoms with Crippen molar-refractivity contribution in [3.05, 3.63) is 12.2 Å². The summed E-state index contributed by atoms with van der Waals surface area (Å²) < 4.78 is 15.6. The summed E-state index contributed by atoms with van der Waals surface area (Å²) in [5.41, 5.74) is 1.14. The Kier molecular flexibility index (Phi) is 9.82. The SMILES string of the molecule is C=C(C)C(=O)OCCCC(C)[Si](C)(C)CCC(OC)OC. The standard InChI is InChI=1S/C16H32O4Si/c1-13(2)16(17)20-11-8-9-14(3)21(6,7)12-10-15(18-4)19-5/h14-15H,1,8-12H2,2-7H3. The number of hydrogen-bond donors (Lipinski definition) is 0. The molecule has 0 heterocycles. The third-order valence-electron chi connectivity index (χ3n) is 4.25. The Hall–Kier alpha value is -0.653. The highest BCUT2D eigenvalue weighted by Crippen LogP contribution is 2.31. The fourth-order valence-electron chi connectivity index (χ4n) is 2.14. The number of carbonyl (C=O) groups excluding carboxylic acids is 1. The molecule has 0 rings (SSSR count). The molecular formula is C16H32O4Si. The van der Waals surface area contributed by atoms with E-state index >= 15 is 0 Å². The van der Waals surface area contributed by atoms with Gasteiger partial charge in [-0.2, -0.15) is 0 Å². The van der Waals surface area contributed by atoms with E-state index in [1.807, 2.05) is 0 Å². The van der Waals surface area contributed by atoms with Crippen molar-refractivity contribution in [3.8, 4) is 0 Å². The topological polar surface area (TPSA) is 44.8 Å². The Labute approximate surface area is 130 Å². The lowest BCUT2D eigenvalue weighted by molar-refractivity contribution is -0.139. The van der Waals surface area contributed by atoms with Crippen LogP contribution in [0.3, 0.4) is 0 Å². The van der Waals surface area contributed by atoms with Gasteiger partial charge in [0.1, 0.15) is 0 Å². The number of ether oxygens (including phenoxy) is 3. The van der Waals surface area contributed by atoms with Crippen LogP contribution in [-0.4, -0.2) is 41.2 Å². The maximum atomic E-state index is 11.3. The van der Waals surface area contributed by atoms with E-state index in [1.165, 1.54) is 6.04 Å². The minimum absolute atomic E-state index is 0.0968. The van der Waals surface area contributed by atoms with E-state index in [0.717, 1.165) is 19.3 Å². The first kappa shape index (κ1) is 20.3. The Balaban J connectivity index is 4.04. The zero-order chi connectivity index (χ0) is 16.5. The molecule has 4 nitrogen and oxygen atoms in total. The van der Waals surface area contributed by atoms with E-state index in [0.29, 0.717) is 17.7 Å². The Morgan fingerprint density at radius 3 is 2.24 bits per heavy atom. The summed E-state index contributed by atoms with van der Waals surface area (Å²) in [6.45, 7) is 12.8. The lowest BCUT2D eigenvalue weighted by atomic mass is 10.2. The summed E-state index contributed by atoms with van der Waals surface area (Å²) in [6.07, 6.45) is 2.85. The van der Waals surface area contributed by atoms with Crippen molar-refractivity contribution in [2.24, 2.45) is 0 Å². The van der Waals surface area contributed by atoms with Gasteiger partial charge in [-0.25, -0.2) is 4.79 Å². The molecule has 1 atom stereocenters. The molecule has 0 aromatic rings. The molecule has 21 heavy (non-hydrogen) atoms. The van der Waals surface area contributed by atoms with Crippen LogP contribution in [0, 0.1) is 0 Å². The van der Waals surface area contributed by atoms with Gasteiger partial charge in [0.2, 0.25) is 0 Å². The quantitative estimate of drug-likeness (QED) is 0.190. The molecule has 0 aliphatic heterocycles. The third-order valence-corrected chi connectivity index (χ3v) is 8.78. The molecule has 0 bridgehead atoms. The van der Waals surface area contributed by atoms with Crippen molar-refractivity contribution >= 4 is 14.0 Å². The molecular weight excluding hydrogens is 284 g/mol. The molecule has 0 aromatic carbocycles. The lowest BCUT2D eigenvalue weighted by Crippen LogP contribution is -2.32. The van der Waals surface area contributed by atoms with Gasteiger partial charge in [0.15, 0.2) is 6.29 Å². The summed E-state index contributed by atoms with van der Waals surface area (Å²) >= 11 is 0. The second-order valence-corrected chi connectivity index (χ2v) is 11.9. The predicted molar refractivity (Wildman–Crippen MR) is 89.1 cm³/mol. The molecule has 0 radical (unpaired) electrons. The first-order valence-electron chi connectivity index (χ1n) is 7.62. The molecule has 0 spiro atoms. The molecule has 5 heteroatoms. The van der Waals surface area contributed by atoms with Crippen LogP contribution in [0.1, 0.15) is 33.1 Å². The molecule has 0 aliphatic carbocycles. The van der Waals surface area contributed by atoms with Gasteiger partial charge in [-0.1, -0.05) is 32.6 Å². The second-order valence-electron chi connectivity index (χ2n) is 6.39. The zero-order valence-corrected chi connectivity index (χ0v) is 15.5. The third kappa shape index (κ3) is 8.39. The van der Waals surface area contributed by atoms with Crippen LogP contribution >= 0.6 is 0 Å². The molecule has 0 amide bonds. The highest BCUT2D eigenvalue weighted by molar-refractivity contribution is 6.78. The van der Waals surface area contributed by atoms with Gasteiger partial charge in [0, 0.05) is 19.8 Å². The van der Waals surface area contributed by atoms with Crippen LogP contribution in [0.15, 0.2) is 12.2 Å². The summed E-state index contributed by atoms with van der Waals surface area (Å²) in [6, 6.07) is 1.17. The second kappa shape index (κ2) is 10.1. The fraction of sp³-hybridized carbons (Fsp3) is 0.812. The van der Waals surface area contributed by atoms with Crippen molar-refractivity contribution < 1.29 is 19.0 Å². The molecule has 0 aromatic heterocycles. The van der Waals surface area contributed by atoms with Crippen LogP contribution < -0.4 is 0 Å². The fourth-order valence-corrected chi connectivity index (χ4v) is 4.59. The number of carbonyl (C=O) groups is 1. The minimum atomic E-state index is -1.32. The maximum absolute atomic E-state index is 11.3. The molecule has 0 fully saturated rings. The Morgan fingerprint density at radius 1 is 1.19 bits per heavy atom. The first-order valence-corrected chi connectivity index (χ1v) is 10.9. The van der Waals surface area contributed by atoms with Gasteiger partial charge in [0.05, 0.1) is 14.7 Å². The Morgan fingerprint density at radius 2 is 1.76 bits per heavy atom. The number of methoxy groups -OCH3 is 2. The first-order chi connectivity index (χ1) is 9.74. The van der Waals surface area contributed by atoms with Crippen LogP contribution in [0.2, 0.25) is 24.7 Å². The highest BCUT2D eigenvalue weighted by Gasteiger charge is 2.28.